The van der Waals surface area contributed by atoms with Gasteiger partial charge in [0.05, 0.1) is 6.10 Å². The fourth-order valence-electron chi connectivity index (χ4n) is 3.12. The van der Waals surface area contributed by atoms with Crippen LogP contribution in [0.15, 0.2) is 0 Å². The Bertz CT molecular complexity index is 372. The third-order valence-electron chi connectivity index (χ3n) is 4.80. The Morgan fingerprint density at radius 3 is 2.18 bits per heavy atom. The molecule has 126 valence electrons. The number of hydrogen-bond acceptors (Lipinski definition) is 3. The van der Waals surface area contributed by atoms with Crippen molar-refractivity contribution >= 4 is 11.8 Å². The van der Waals surface area contributed by atoms with E-state index in [1.165, 1.54) is 32.1 Å². The third kappa shape index (κ3) is 5.59. The van der Waals surface area contributed by atoms with Gasteiger partial charge >= 0.3 is 0 Å². The molecule has 0 aromatic carbocycles. The van der Waals surface area contributed by atoms with Crippen molar-refractivity contribution < 1.29 is 14.7 Å². The van der Waals surface area contributed by atoms with Crippen LogP contribution < -0.4 is 10.6 Å². The molecular formula is C17H30N2O3. The molecule has 2 amide bonds. The van der Waals surface area contributed by atoms with Crippen molar-refractivity contribution in [2.75, 3.05) is 6.54 Å². The summed E-state index contributed by atoms with van der Waals surface area (Å²) in [5.41, 5.74) is 0. The van der Waals surface area contributed by atoms with Gasteiger partial charge in [0.1, 0.15) is 6.04 Å². The summed E-state index contributed by atoms with van der Waals surface area (Å²) in [7, 11) is 0. The molecule has 0 aliphatic heterocycles. The zero-order valence-electron chi connectivity index (χ0n) is 13.6. The van der Waals surface area contributed by atoms with Gasteiger partial charge in [-0.15, -0.1) is 0 Å². The van der Waals surface area contributed by atoms with Crippen molar-refractivity contribution in [3.05, 3.63) is 0 Å². The first-order chi connectivity index (χ1) is 10.6. The van der Waals surface area contributed by atoms with Gasteiger partial charge in [0.25, 0.3) is 0 Å². The van der Waals surface area contributed by atoms with Gasteiger partial charge in [-0.2, -0.15) is 0 Å². The summed E-state index contributed by atoms with van der Waals surface area (Å²) >= 11 is 0. The van der Waals surface area contributed by atoms with E-state index in [-0.39, 0.29) is 17.7 Å². The molecule has 0 aromatic rings. The van der Waals surface area contributed by atoms with Crippen LogP contribution >= 0.6 is 0 Å². The largest absolute Gasteiger partial charge is 0.391 e. The van der Waals surface area contributed by atoms with E-state index in [4.69, 9.17) is 0 Å². The first kappa shape index (κ1) is 17.3. The van der Waals surface area contributed by atoms with E-state index in [1.807, 2.05) is 0 Å². The normalized spacial score (nSPS) is 23.0. The monoisotopic (exact) mass is 310 g/mol. The number of nitrogens with one attached hydrogen (secondary N) is 2. The van der Waals surface area contributed by atoms with Crippen molar-refractivity contribution in [3.8, 4) is 0 Å². The Hall–Kier alpha value is -1.10. The molecule has 2 aliphatic carbocycles. The smallest absolute Gasteiger partial charge is 0.245 e. The van der Waals surface area contributed by atoms with Gasteiger partial charge in [-0.25, -0.2) is 0 Å². The first-order valence-corrected chi connectivity index (χ1v) is 8.84. The number of rotatable bonds is 6. The lowest BCUT2D eigenvalue weighted by Gasteiger charge is -2.24. The minimum atomic E-state index is -0.875. The number of carbonyl (C=O) groups is 2. The molecular weight excluding hydrogens is 280 g/mol. The number of amides is 2. The SMILES string of the molecule is CC(O)C(NC(=O)C1CC1)C(=O)NCC1CCCCCCC1. The Kier molecular flexibility index (Phi) is 6.68. The lowest BCUT2D eigenvalue weighted by atomic mass is 9.91. The van der Waals surface area contributed by atoms with E-state index in [1.54, 1.807) is 6.92 Å². The van der Waals surface area contributed by atoms with E-state index in [0.29, 0.717) is 12.5 Å². The summed E-state index contributed by atoms with van der Waals surface area (Å²) < 4.78 is 0. The van der Waals surface area contributed by atoms with Crippen LogP contribution in [0.1, 0.15) is 64.7 Å². The Morgan fingerprint density at radius 2 is 1.64 bits per heavy atom. The van der Waals surface area contributed by atoms with Gasteiger partial charge in [-0.1, -0.05) is 32.1 Å². The predicted molar refractivity (Wildman–Crippen MR) is 85.2 cm³/mol. The quantitative estimate of drug-likeness (QED) is 0.699. The molecule has 0 aromatic heterocycles. The Morgan fingerprint density at radius 1 is 1.05 bits per heavy atom. The van der Waals surface area contributed by atoms with Crippen LogP contribution in [0.5, 0.6) is 0 Å². The summed E-state index contributed by atoms with van der Waals surface area (Å²) in [5, 5.41) is 15.4. The fourth-order valence-corrected chi connectivity index (χ4v) is 3.12. The van der Waals surface area contributed by atoms with Crippen LogP contribution in [0.25, 0.3) is 0 Å². The number of aliphatic hydroxyl groups excluding tert-OH is 1. The summed E-state index contributed by atoms with van der Waals surface area (Å²) in [5.74, 6) is 0.204. The molecule has 2 rings (SSSR count). The average Bonchev–Trinajstić information content (AvgIpc) is 3.27. The molecule has 22 heavy (non-hydrogen) atoms. The van der Waals surface area contributed by atoms with E-state index in [9.17, 15) is 14.7 Å². The van der Waals surface area contributed by atoms with Crippen LogP contribution in [0.3, 0.4) is 0 Å². The zero-order chi connectivity index (χ0) is 15.9. The lowest BCUT2D eigenvalue weighted by molar-refractivity contribution is -0.132. The summed E-state index contributed by atoms with van der Waals surface area (Å²) in [6, 6.07) is -0.832. The maximum absolute atomic E-state index is 12.3. The zero-order valence-corrected chi connectivity index (χ0v) is 13.6. The topological polar surface area (TPSA) is 78.4 Å². The maximum atomic E-state index is 12.3. The van der Waals surface area contributed by atoms with Crippen molar-refractivity contribution in [3.63, 3.8) is 0 Å². The molecule has 5 heteroatoms. The van der Waals surface area contributed by atoms with E-state index in [0.717, 1.165) is 25.7 Å². The van der Waals surface area contributed by atoms with Gasteiger partial charge in [0.15, 0.2) is 0 Å². The molecule has 5 nitrogen and oxygen atoms in total. The van der Waals surface area contributed by atoms with E-state index >= 15 is 0 Å². The molecule has 2 atom stereocenters. The Labute approximate surface area is 133 Å². The first-order valence-electron chi connectivity index (χ1n) is 8.84. The van der Waals surface area contributed by atoms with Gasteiger partial charge in [-0.3, -0.25) is 9.59 Å². The number of aliphatic hydroxyl groups is 1. The highest BCUT2D eigenvalue weighted by Gasteiger charge is 2.34. The molecule has 2 saturated carbocycles. The van der Waals surface area contributed by atoms with Crippen molar-refractivity contribution in [1.82, 2.24) is 10.6 Å². The molecule has 0 bridgehead atoms. The molecule has 2 fully saturated rings. The molecule has 0 heterocycles. The molecule has 0 saturated heterocycles. The summed E-state index contributed by atoms with van der Waals surface area (Å²) in [6.07, 6.45) is 9.61. The van der Waals surface area contributed by atoms with Gasteiger partial charge < -0.3 is 15.7 Å². The van der Waals surface area contributed by atoms with Gasteiger partial charge in [0, 0.05) is 12.5 Å². The minimum absolute atomic E-state index is 0.0413. The summed E-state index contributed by atoms with van der Waals surface area (Å²) in [4.78, 5) is 24.1. The van der Waals surface area contributed by atoms with Crippen LogP contribution in [-0.4, -0.2) is 35.6 Å². The molecule has 2 aliphatic rings. The standard InChI is InChI=1S/C17H30N2O3/c1-12(20)15(19-16(21)14-9-10-14)17(22)18-11-13-7-5-3-2-4-6-8-13/h12-15,20H,2-11H2,1H3,(H,18,22)(H,19,21). The van der Waals surface area contributed by atoms with Crippen molar-refractivity contribution in [2.45, 2.75) is 76.9 Å². The second-order valence-corrected chi connectivity index (χ2v) is 6.96. The predicted octanol–water partition coefficient (Wildman–Crippen LogP) is 1.74. The molecule has 3 N–H and O–H groups in total. The summed E-state index contributed by atoms with van der Waals surface area (Å²) in [6.45, 7) is 2.20. The van der Waals surface area contributed by atoms with Crippen LogP contribution in [0, 0.1) is 11.8 Å². The molecule has 2 unspecified atom stereocenters. The second kappa shape index (κ2) is 8.51. The van der Waals surface area contributed by atoms with Crippen LogP contribution in [-0.2, 0) is 9.59 Å². The van der Waals surface area contributed by atoms with Crippen molar-refractivity contribution in [1.29, 1.82) is 0 Å². The highest BCUT2D eigenvalue weighted by molar-refractivity contribution is 5.89. The number of hydrogen-bond donors (Lipinski definition) is 3. The lowest BCUT2D eigenvalue weighted by Crippen LogP contribution is -2.53. The van der Waals surface area contributed by atoms with E-state index in [2.05, 4.69) is 10.6 Å². The fraction of sp³-hybridized carbons (Fsp3) is 0.882. The van der Waals surface area contributed by atoms with Crippen LogP contribution in [0.4, 0.5) is 0 Å². The van der Waals surface area contributed by atoms with Crippen molar-refractivity contribution in [2.24, 2.45) is 11.8 Å². The second-order valence-electron chi connectivity index (χ2n) is 6.96. The highest BCUT2D eigenvalue weighted by Crippen LogP contribution is 2.29. The van der Waals surface area contributed by atoms with Gasteiger partial charge in [0.2, 0.25) is 11.8 Å². The Balaban J connectivity index is 1.77. The molecule has 0 radical (unpaired) electrons. The number of carbonyl (C=O) groups excluding carboxylic acids is 2. The van der Waals surface area contributed by atoms with Gasteiger partial charge in [-0.05, 0) is 38.5 Å². The van der Waals surface area contributed by atoms with E-state index < -0.39 is 12.1 Å². The maximum Gasteiger partial charge on any atom is 0.245 e. The minimum Gasteiger partial charge on any atom is -0.391 e. The van der Waals surface area contributed by atoms with Crippen LogP contribution in [0.2, 0.25) is 0 Å². The third-order valence-corrected chi connectivity index (χ3v) is 4.80. The molecule has 0 spiro atoms. The highest BCUT2D eigenvalue weighted by atomic mass is 16.3. The average molecular weight is 310 g/mol.